The molecule has 0 radical (unpaired) electrons. The summed E-state index contributed by atoms with van der Waals surface area (Å²) >= 11 is 0. The van der Waals surface area contributed by atoms with Gasteiger partial charge >= 0.3 is 0 Å². The van der Waals surface area contributed by atoms with Crippen LogP contribution in [0.3, 0.4) is 0 Å². The Kier molecular flexibility index (Phi) is 5.33. The zero-order valence-corrected chi connectivity index (χ0v) is 11.0. The van der Waals surface area contributed by atoms with Crippen LogP contribution in [0.5, 0.6) is 0 Å². The molecular formula is C14H24N2. The van der Waals surface area contributed by atoms with Gasteiger partial charge in [-0.1, -0.05) is 19.9 Å². The van der Waals surface area contributed by atoms with Gasteiger partial charge in [-0.05, 0) is 50.2 Å². The Morgan fingerprint density at radius 2 is 1.56 bits per heavy atom. The van der Waals surface area contributed by atoms with Crippen LogP contribution in [0.15, 0.2) is 18.2 Å². The highest BCUT2D eigenvalue weighted by Crippen LogP contribution is 2.13. The van der Waals surface area contributed by atoms with E-state index in [2.05, 4.69) is 56.1 Å². The van der Waals surface area contributed by atoms with E-state index in [1.54, 1.807) is 0 Å². The Morgan fingerprint density at radius 1 is 1.00 bits per heavy atom. The van der Waals surface area contributed by atoms with E-state index in [-0.39, 0.29) is 0 Å². The third kappa shape index (κ3) is 4.23. The zero-order chi connectivity index (χ0) is 12.0. The molecule has 0 amide bonds. The minimum absolute atomic E-state index is 1.02. The molecule has 16 heavy (non-hydrogen) atoms. The van der Waals surface area contributed by atoms with Crippen LogP contribution >= 0.6 is 0 Å². The molecule has 90 valence electrons. The number of hydrogen-bond donors (Lipinski definition) is 1. The van der Waals surface area contributed by atoms with E-state index in [9.17, 15) is 0 Å². The molecule has 0 unspecified atom stereocenters. The first-order valence-electron chi connectivity index (χ1n) is 6.20. The molecule has 2 heteroatoms. The number of rotatable bonds is 6. The number of aryl methyl sites for hydroxylation is 2. The second kappa shape index (κ2) is 6.54. The van der Waals surface area contributed by atoms with Crippen molar-refractivity contribution in [1.82, 2.24) is 4.90 Å². The molecule has 0 aromatic heterocycles. The first-order valence-corrected chi connectivity index (χ1v) is 6.20. The molecule has 0 saturated carbocycles. The van der Waals surface area contributed by atoms with E-state index in [4.69, 9.17) is 0 Å². The van der Waals surface area contributed by atoms with E-state index in [0.717, 1.165) is 26.2 Å². The number of nitrogens with one attached hydrogen (secondary N) is 1. The van der Waals surface area contributed by atoms with E-state index >= 15 is 0 Å². The van der Waals surface area contributed by atoms with Crippen LogP contribution < -0.4 is 5.32 Å². The molecule has 0 aliphatic carbocycles. The molecule has 2 nitrogen and oxygen atoms in total. The van der Waals surface area contributed by atoms with Crippen LogP contribution in [0.25, 0.3) is 0 Å². The minimum Gasteiger partial charge on any atom is -0.384 e. The zero-order valence-electron chi connectivity index (χ0n) is 11.0. The summed E-state index contributed by atoms with van der Waals surface area (Å²) in [5, 5.41) is 3.48. The lowest BCUT2D eigenvalue weighted by molar-refractivity contribution is 0.316. The van der Waals surface area contributed by atoms with Gasteiger partial charge in [-0.3, -0.25) is 0 Å². The van der Waals surface area contributed by atoms with Crippen molar-refractivity contribution < 1.29 is 0 Å². The topological polar surface area (TPSA) is 15.3 Å². The second-order valence-electron chi connectivity index (χ2n) is 4.33. The molecule has 1 aromatic rings. The molecule has 0 saturated heterocycles. The molecule has 0 fully saturated rings. The summed E-state index contributed by atoms with van der Waals surface area (Å²) in [6.45, 7) is 13.1. The summed E-state index contributed by atoms with van der Waals surface area (Å²) in [6, 6.07) is 6.61. The number of nitrogens with zero attached hydrogens (tertiary/aromatic N) is 1. The maximum Gasteiger partial charge on any atom is 0.0345 e. The first kappa shape index (κ1) is 13.0. The Morgan fingerprint density at radius 3 is 2.06 bits per heavy atom. The van der Waals surface area contributed by atoms with E-state index in [0.29, 0.717) is 0 Å². The molecule has 0 spiro atoms. The van der Waals surface area contributed by atoms with Crippen molar-refractivity contribution in [3.8, 4) is 0 Å². The fraction of sp³-hybridized carbons (Fsp3) is 0.571. The van der Waals surface area contributed by atoms with Gasteiger partial charge in [0.15, 0.2) is 0 Å². The predicted octanol–water partition coefficient (Wildman–Crippen LogP) is 3.06. The van der Waals surface area contributed by atoms with Crippen molar-refractivity contribution in [2.45, 2.75) is 27.7 Å². The number of anilines is 1. The monoisotopic (exact) mass is 220 g/mol. The summed E-state index contributed by atoms with van der Waals surface area (Å²) in [7, 11) is 0. The smallest absolute Gasteiger partial charge is 0.0345 e. The summed E-state index contributed by atoms with van der Waals surface area (Å²) in [6.07, 6.45) is 0. The Balaban J connectivity index is 2.42. The van der Waals surface area contributed by atoms with E-state index < -0.39 is 0 Å². The Hall–Kier alpha value is -1.02. The molecule has 0 aliphatic rings. The van der Waals surface area contributed by atoms with Gasteiger partial charge in [0.2, 0.25) is 0 Å². The summed E-state index contributed by atoms with van der Waals surface area (Å²) in [4.78, 5) is 2.43. The number of likely N-dealkylation sites (N-methyl/N-ethyl adjacent to an activating group) is 1. The van der Waals surface area contributed by atoms with Crippen molar-refractivity contribution >= 4 is 5.69 Å². The fourth-order valence-corrected chi connectivity index (χ4v) is 1.97. The van der Waals surface area contributed by atoms with Gasteiger partial charge < -0.3 is 10.2 Å². The van der Waals surface area contributed by atoms with Crippen LogP contribution in [-0.4, -0.2) is 31.1 Å². The normalized spacial score (nSPS) is 10.8. The van der Waals surface area contributed by atoms with Crippen molar-refractivity contribution in [1.29, 1.82) is 0 Å². The van der Waals surface area contributed by atoms with Gasteiger partial charge in [0.1, 0.15) is 0 Å². The third-order valence-electron chi connectivity index (χ3n) is 2.87. The molecule has 1 aromatic carbocycles. The largest absolute Gasteiger partial charge is 0.384 e. The number of benzene rings is 1. The minimum atomic E-state index is 1.02. The molecule has 0 bridgehead atoms. The van der Waals surface area contributed by atoms with Gasteiger partial charge in [0.25, 0.3) is 0 Å². The maximum atomic E-state index is 3.48. The van der Waals surface area contributed by atoms with Gasteiger partial charge in [0.05, 0.1) is 0 Å². The van der Waals surface area contributed by atoms with Crippen LogP contribution in [-0.2, 0) is 0 Å². The quantitative estimate of drug-likeness (QED) is 0.792. The van der Waals surface area contributed by atoms with Crippen LogP contribution in [0, 0.1) is 13.8 Å². The van der Waals surface area contributed by atoms with E-state index in [1.807, 2.05) is 0 Å². The average molecular weight is 220 g/mol. The van der Waals surface area contributed by atoms with Gasteiger partial charge in [-0.25, -0.2) is 0 Å². The third-order valence-corrected chi connectivity index (χ3v) is 2.87. The molecule has 0 atom stereocenters. The predicted molar refractivity (Wildman–Crippen MR) is 72.2 cm³/mol. The first-order chi connectivity index (χ1) is 7.65. The molecular weight excluding hydrogens is 196 g/mol. The highest BCUT2D eigenvalue weighted by Gasteiger charge is 1.99. The van der Waals surface area contributed by atoms with Crippen LogP contribution in [0.1, 0.15) is 25.0 Å². The molecule has 0 aliphatic heterocycles. The second-order valence-corrected chi connectivity index (χ2v) is 4.33. The van der Waals surface area contributed by atoms with Crippen molar-refractivity contribution in [3.63, 3.8) is 0 Å². The standard InChI is InChI=1S/C14H24N2/c1-5-16(6-2)8-7-15-14-10-12(3)9-13(4)11-14/h9-11,15H,5-8H2,1-4H3. The SMILES string of the molecule is CCN(CC)CCNc1cc(C)cc(C)c1. The Bertz CT molecular complexity index is 296. The van der Waals surface area contributed by atoms with Crippen molar-refractivity contribution in [2.75, 3.05) is 31.5 Å². The molecule has 0 heterocycles. The van der Waals surface area contributed by atoms with Gasteiger partial charge in [-0.2, -0.15) is 0 Å². The molecule has 1 N–H and O–H groups in total. The summed E-state index contributed by atoms with van der Waals surface area (Å²) < 4.78 is 0. The van der Waals surface area contributed by atoms with Gasteiger partial charge in [0, 0.05) is 18.8 Å². The summed E-state index contributed by atoms with van der Waals surface area (Å²) in [5.41, 5.74) is 3.89. The van der Waals surface area contributed by atoms with Gasteiger partial charge in [-0.15, -0.1) is 0 Å². The number of hydrogen-bond acceptors (Lipinski definition) is 2. The van der Waals surface area contributed by atoms with E-state index in [1.165, 1.54) is 16.8 Å². The lowest BCUT2D eigenvalue weighted by Crippen LogP contribution is -2.28. The van der Waals surface area contributed by atoms with Crippen LogP contribution in [0.2, 0.25) is 0 Å². The lowest BCUT2D eigenvalue weighted by Gasteiger charge is -2.18. The van der Waals surface area contributed by atoms with Crippen LogP contribution in [0.4, 0.5) is 5.69 Å². The molecule has 1 rings (SSSR count). The summed E-state index contributed by atoms with van der Waals surface area (Å²) in [5.74, 6) is 0. The highest BCUT2D eigenvalue weighted by atomic mass is 15.1. The highest BCUT2D eigenvalue weighted by molar-refractivity contribution is 5.48. The Labute approximate surface area is 99.7 Å². The maximum absolute atomic E-state index is 3.48. The average Bonchev–Trinajstić information content (AvgIpc) is 2.23. The van der Waals surface area contributed by atoms with Crippen molar-refractivity contribution in [3.05, 3.63) is 29.3 Å². The lowest BCUT2D eigenvalue weighted by atomic mass is 10.1. The fourth-order valence-electron chi connectivity index (χ4n) is 1.97. The van der Waals surface area contributed by atoms with Crippen molar-refractivity contribution in [2.24, 2.45) is 0 Å².